The minimum Gasteiger partial charge on any atom is -0.325 e. The lowest BCUT2D eigenvalue weighted by Gasteiger charge is -1.96. The maximum atomic E-state index is 5.72. The van der Waals surface area contributed by atoms with Crippen LogP contribution in [0.4, 0.5) is 0 Å². The Bertz CT molecular complexity index is 76.2. The number of nitrogens with two attached hydrogens (primary N) is 1. The van der Waals surface area contributed by atoms with Crippen molar-refractivity contribution in [3.8, 4) is 0 Å². The Morgan fingerprint density at radius 2 is 2.29 bits per heavy atom. The second-order valence-corrected chi connectivity index (χ2v) is 2.82. The summed E-state index contributed by atoms with van der Waals surface area (Å²) in [5.74, 6) is 0.826. The highest BCUT2D eigenvalue weighted by atomic mass is 14.8. The van der Waals surface area contributed by atoms with E-state index in [1.54, 1.807) is 0 Å². The Labute approximate surface area is 44.9 Å². The molecular formula is C6H13N. The smallest absolute Gasteiger partial charge is 0.0158 e. The monoisotopic (exact) mass is 99.1 g/mol. The summed E-state index contributed by atoms with van der Waals surface area (Å²) >= 11 is 0. The van der Waals surface area contributed by atoms with Gasteiger partial charge in [0.25, 0.3) is 0 Å². The van der Waals surface area contributed by atoms with Gasteiger partial charge in [-0.3, -0.25) is 0 Å². The number of hydrogen-bond donors (Lipinski definition) is 1. The molecule has 1 heteroatoms. The van der Waals surface area contributed by atoms with Gasteiger partial charge in [-0.1, -0.05) is 13.3 Å². The van der Waals surface area contributed by atoms with E-state index in [4.69, 9.17) is 5.73 Å². The van der Waals surface area contributed by atoms with Crippen molar-refractivity contribution in [1.29, 1.82) is 0 Å². The van der Waals surface area contributed by atoms with Gasteiger partial charge in [0.05, 0.1) is 0 Å². The predicted molar refractivity (Wildman–Crippen MR) is 31.0 cm³/mol. The second kappa shape index (κ2) is 1.22. The van der Waals surface area contributed by atoms with Crippen molar-refractivity contribution in [2.45, 2.75) is 32.2 Å². The first-order valence-corrected chi connectivity index (χ1v) is 2.95. The maximum Gasteiger partial charge on any atom is 0.0158 e. The molecule has 7 heavy (non-hydrogen) atoms. The summed E-state index contributed by atoms with van der Waals surface area (Å²) in [4.78, 5) is 0. The van der Waals surface area contributed by atoms with Crippen molar-refractivity contribution in [3.05, 3.63) is 0 Å². The first kappa shape index (κ1) is 5.10. The minimum atomic E-state index is 0.217. The van der Waals surface area contributed by atoms with Gasteiger partial charge in [-0.2, -0.15) is 0 Å². The van der Waals surface area contributed by atoms with E-state index < -0.39 is 0 Å². The molecule has 2 N–H and O–H groups in total. The largest absolute Gasteiger partial charge is 0.325 e. The van der Waals surface area contributed by atoms with Gasteiger partial charge in [0.15, 0.2) is 0 Å². The Balaban J connectivity index is 2.30. The highest BCUT2D eigenvalue weighted by molar-refractivity contribution is 5.02. The molecular weight excluding hydrogens is 86.1 g/mol. The number of rotatable bonds is 1. The quantitative estimate of drug-likeness (QED) is 0.524. The third kappa shape index (κ3) is 0.778. The average molecular weight is 99.2 g/mol. The van der Waals surface area contributed by atoms with E-state index in [1.165, 1.54) is 12.8 Å². The molecule has 1 nitrogen and oxygen atoms in total. The molecule has 0 amide bonds. The highest BCUT2D eigenvalue weighted by Crippen LogP contribution is 2.42. The van der Waals surface area contributed by atoms with Crippen LogP contribution in [0.2, 0.25) is 0 Å². The minimum absolute atomic E-state index is 0.217. The van der Waals surface area contributed by atoms with Gasteiger partial charge in [-0.15, -0.1) is 0 Å². The fraction of sp³-hybridized carbons (Fsp3) is 1.00. The Kier molecular flexibility index (Phi) is 0.890. The molecule has 1 aliphatic rings. The summed E-state index contributed by atoms with van der Waals surface area (Å²) in [5.41, 5.74) is 5.94. The first-order valence-electron chi connectivity index (χ1n) is 2.95. The predicted octanol–water partition coefficient (Wildman–Crippen LogP) is 1.13. The van der Waals surface area contributed by atoms with Gasteiger partial charge in [-0.25, -0.2) is 0 Å². The van der Waals surface area contributed by atoms with Gasteiger partial charge in [-0.05, 0) is 19.3 Å². The normalized spacial score (nSPS) is 49.3. The molecule has 0 aromatic carbocycles. The Morgan fingerprint density at radius 3 is 2.29 bits per heavy atom. The van der Waals surface area contributed by atoms with Crippen LogP contribution in [0.5, 0.6) is 0 Å². The van der Waals surface area contributed by atoms with E-state index in [-0.39, 0.29) is 5.54 Å². The van der Waals surface area contributed by atoms with Crippen LogP contribution in [0.15, 0.2) is 0 Å². The summed E-state index contributed by atoms with van der Waals surface area (Å²) in [5, 5.41) is 0. The Morgan fingerprint density at radius 1 is 1.86 bits per heavy atom. The van der Waals surface area contributed by atoms with Crippen LogP contribution in [0.3, 0.4) is 0 Å². The van der Waals surface area contributed by atoms with Crippen LogP contribution in [-0.4, -0.2) is 5.54 Å². The standard InChI is InChI=1S/C6H13N/c1-3-5-4-6(5,2)7/h5H,3-4,7H2,1-2H3/t5-,6?/m1/s1. The summed E-state index contributed by atoms with van der Waals surface area (Å²) in [6.45, 7) is 4.32. The van der Waals surface area contributed by atoms with Crippen LogP contribution in [0.25, 0.3) is 0 Å². The van der Waals surface area contributed by atoms with E-state index in [2.05, 4.69) is 13.8 Å². The van der Waals surface area contributed by atoms with E-state index in [0.29, 0.717) is 0 Å². The molecule has 2 atom stereocenters. The second-order valence-electron chi connectivity index (χ2n) is 2.82. The van der Waals surface area contributed by atoms with Crippen molar-refractivity contribution < 1.29 is 0 Å². The lowest BCUT2D eigenvalue weighted by Crippen LogP contribution is -2.18. The van der Waals surface area contributed by atoms with E-state index in [9.17, 15) is 0 Å². The molecule has 1 rings (SSSR count). The fourth-order valence-corrected chi connectivity index (χ4v) is 1.08. The summed E-state index contributed by atoms with van der Waals surface area (Å²) in [6.07, 6.45) is 2.50. The van der Waals surface area contributed by atoms with Crippen molar-refractivity contribution >= 4 is 0 Å². The van der Waals surface area contributed by atoms with Gasteiger partial charge in [0, 0.05) is 5.54 Å². The zero-order valence-electron chi connectivity index (χ0n) is 5.07. The van der Waals surface area contributed by atoms with E-state index >= 15 is 0 Å². The lowest BCUT2D eigenvalue weighted by atomic mass is 10.2. The van der Waals surface area contributed by atoms with Crippen LogP contribution < -0.4 is 5.73 Å². The van der Waals surface area contributed by atoms with Crippen molar-refractivity contribution in [2.75, 3.05) is 0 Å². The van der Waals surface area contributed by atoms with Crippen LogP contribution in [0.1, 0.15) is 26.7 Å². The molecule has 0 bridgehead atoms. The SMILES string of the molecule is CC[C@@H]1CC1(C)N. The van der Waals surface area contributed by atoms with E-state index in [1.807, 2.05) is 0 Å². The Hall–Kier alpha value is -0.0400. The molecule has 0 radical (unpaired) electrons. The third-order valence-corrected chi connectivity index (χ3v) is 1.95. The van der Waals surface area contributed by atoms with Crippen molar-refractivity contribution in [3.63, 3.8) is 0 Å². The molecule has 1 aliphatic carbocycles. The number of hydrogen-bond acceptors (Lipinski definition) is 1. The van der Waals surface area contributed by atoms with Crippen LogP contribution in [0, 0.1) is 5.92 Å². The van der Waals surface area contributed by atoms with E-state index in [0.717, 1.165) is 5.92 Å². The van der Waals surface area contributed by atoms with Gasteiger partial charge in [0.1, 0.15) is 0 Å². The molecule has 0 aliphatic heterocycles. The van der Waals surface area contributed by atoms with Gasteiger partial charge in [0.2, 0.25) is 0 Å². The molecule has 0 saturated heterocycles. The fourth-order valence-electron chi connectivity index (χ4n) is 1.08. The average Bonchev–Trinajstić information content (AvgIpc) is 2.13. The zero-order valence-corrected chi connectivity index (χ0v) is 5.07. The van der Waals surface area contributed by atoms with Crippen molar-refractivity contribution in [1.82, 2.24) is 0 Å². The lowest BCUT2D eigenvalue weighted by molar-refractivity contribution is 0.633. The van der Waals surface area contributed by atoms with Crippen molar-refractivity contribution in [2.24, 2.45) is 11.7 Å². The molecule has 42 valence electrons. The molecule has 0 heterocycles. The topological polar surface area (TPSA) is 26.0 Å². The highest BCUT2D eigenvalue weighted by Gasteiger charge is 2.44. The summed E-state index contributed by atoms with van der Waals surface area (Å²) in [7, 11) is 0. The molecule has 0 aromatic heterocycles. The van der Waals surface area contributed by atoms with Gasteiger partial charge < -0.3 is 5.73 Å². The molecule has 0 spiro atoms. The zero-order chi connectivity index (χ0) is 5.49. The third-order valence-electron chi connectivity index (χ3n) is 1.95. The first-order chi connectivity index (χ1) is 3.17. The summed E-state index contributed by atoms with van der Waals surface area (Å²) in [6, 6.07) is 0. The van der Waals surface area contributed by atoms with Gasteiger partial charge >= 0.3 is 0 Å². The van der Waals surface area contributed by atoms with Crippen LogP contribution >= 0.6 is 0 Å². The summed E-state index contributed by atoms with van der Waals surface area (Å²) < 4.78 is 0. The molecule has 1 unspecified atom stereocenters. The van der Waals surface area contributed by atoms with Crippen LogP contribution in [-0.2, 0) is 0 Å². The molecule has 0 aromatic rings. The maximum absolute atomic E-state index is 5.72. The molecule has 1 fully saturated rings. The molecule has 1 saturated carbocycles.